The highest BCUT2D eigenvalue weighted by Gasteiger charge is 2.22. The molecule has 0 saturated carbocycles. The van der Waals surface area contributed by atoms with E-state index in [2.05, 4.69) is 17.8 Å². The van der Waals surface area contributed by atoms with E-state index >= 15 is 0 Å². The smallest absolute Gasteiger partial charge is 0.288 e. The van der Waals surface area contributed by atoms with Crippen molar-refractivity contribution < 1.29 is 9.59 Å². The molecule has 1 atom stereocenters. The van der Waals surface area contributed by atoms with Crippen molar-refractivity contribution in [3.63, 3.8) is 0 Å². The van der Waals surface area contributed by atoms with Gasteiger partial charge in [0, 0.05) is 6.54 Å². The summed E-state index contributed by atoms with van der Waals surface area (Å²) >= 11 is 0. The van der Waals surface area contributed by atoms with Crippen molar-refractivity contribution in [2.75, 3.05) is 6.54 Å². The zero-order valence-electron chi connectivity index (χ0n) is 9.08. The Bertz CT molecular complexity index is 276. The first-order valence-corrected chi connectivity index (χ1v) is 5.06. The van der Waals surface area contributed by atoms with Crippen molar-refractivity contribution in [1.82, 2.24) is 5.32 Å². The van der Waals surface area contributed by atoms with Crippen LogP contribution in [0.15, 0.2) is 12.7 Å². The topological polar surface area (TPSA) is 46.2 Å². The van der Waals surface area contributed by atoms with Gasteiger partial charge in [0.05, 0.1) is 5.92 Å². The van der Waals surface area contributed by atoms with E-state index in [1.165, 1.54) is 6.08 Å². The fourth-order valence-corrected chi connectivity index (χ4v) is 1.11. The van der Waals surface area contributed by atoms with Crippen LogP contribution in [-0.2, 0) is 9.59 Å². The Morgan fingerprint density at radius 3 is 2.73 bits per heavy atom. The molecular formula is C12H17NO2. The van der Waals surface area contributed by atoms with Gasteiger partial charge < -0.3 is 5.32 Å². The van der Waals surface area contributed by atoms with Crippen molar-refractivity contribution in [2.24, 2.45) is 5.92 Å². The average Bonchev–Trinajstić information content (AvgIpc) is 2.26. The number of ketones is 1. The number of hydrogen-bond donors (Lipinski definition) is 1. The van der Waals surface area contributed by atoms with Crippen LogP contribution in [0.3, 0.4) is 0 Å². The van der Waals surface area contributed by atoms with E-state index < -0.39 is 17.6 Å². The molecular weight excluding hydrogens is 190 g/mol. The van der Waals surface area contributed by atoms with Crippen molar-refractivity contribution in [3.8, 4) is 12.3 Å². The molecule has 0 aliphatic carbocycles. The summed E-state index contributed by atoms with van der Waals surface area (Å²) in [6.07, 6.45) is 9.12. The number of terminal acetylenes is 1. The van der Waals surface area contributed by atoms with Gasteiger partial charge in [0.25, 0.3) is 5.91 Å². The zero-order valence-corrected chi connectivity index (χ0v) is 9.08. The van der Waals surface area contributed by atoms with Gasteiger partial charge in [-0.3, -0.25) is 9.59 Å². The second-order valence-corrected chi connectivity index (χ2v) is 3.22. The second-order valence-electron chi connectivity index (χ2n) is 3.22. The number of rotatable bonds is 7. The third-order valence-electron chi connectivity index (χ3n) is 1.99. The number of amides is 1. The van der Waals surface area contributed by atoms with Crippen LogP contribution in [0.2, 0.25) is 0 Å². The lowest BCUT2D eigenvalue weighted by Gasteiger charge is -2.08. The van der Waals surface area contributed by atoms with Crippen molar-refractivity contribution in [1.29, 1.82) is 0 Å². The third kappa shape index (κ3) is 5.02. The lowest BCUT2D eigenvalue weighted by atomic mass is 9.98. The quantitative estimate of drug-likeness (QED) is 0.388. The summed E-state index contributed by atoms with van der Waals surface area (Å²) in [5, 5.41) is 2.42. The first kappa shape index (κ1) is 13.4. The first-order chi connectivity index (χ1) is 7.17. The Morgan fingerprint density at radius 1 is 1.60 bits per heavy atom. The number of nitrogens with one attached hydrogen (secondary N) is 1. The van der Waals surface area contributed by atoms with Crippen LogP contribution in [0.25, 0.3) is 0 Å². The summed E-state index contributed by atoms with van der Waals surface area (Å²) < 4.78 is 0. The Hall–Kier alpha value is -1.56. The molecule has 3 heteroatoms. The summed E-state index contributed by atoms with van der Waals surface area (Å²) in [6, 6.07) is 0. The Balaban J connectivity index is 4.19. The van der Waals surface area contributed by atoms with Crippen LogP contribution in [0.4, 0.5) is 0 Å². The van der Waals surface area contributed by atoms with Crippen LogP contribution in [0.5, 0.6) is 0 Å². The Labute approximate surface area is 90.9 Å². The molecule has 0 aliphatic heterocycles. The minimum Gasteiger partial charge on any atom is -0.346 e. The molecule has 1 unspecified atom stereocenters. The van der Waals surface area contributed by atoms with Gasteiger partial charge in [0.1, 0.15) is 0 Å². The zero-order chi connectivity index (χ0) is 11.7. The molecule has 82 valence electrons. The molecule has 0 aromatic heterocycles. The normalized spacial score (nSPS) is 11.2. The van der Waals surface area contributed by atoms with Gasteiger partial charge in [-0.15, -0.1) is 13.0 Å². The van der Waals surface area contributed by atoms with Crippen LogP contribution < -0.4 is 5.32 Å². The molecule has 0 fully saturated rings. The molecule has 0 aromatic carbocycles. The maximum atomic E-state index is 11.5. The molecule has 0 aliphatic rings. The van der Waals surface area contributed by atoms with E-state index in [-0.39, 0.29) is 6.54 Å². The molecule has 0 spiro atoms. The van der Waals surface area contributed by atoms with E-state index in [1.807, 2.05) is 6.92 Å². The van der Waals surface area contributed by atoms with Crippen molar-refractivity contribution >= 4 is 11.7 Å². The summed E-state index contributed by atoms with van der Waals surface area (Å²) in [5.41, 5.74) is 0. The fraction of sp³-hybridized carbons (Fsp3) is 0.500. The largest absolute Gasteiger partial charge is 0.346 e. The Kier molecular flexibility index (Phi) is 7.00. The van der Waals surface area contributed by atoms with Crippen LogP contribution >= 0.6 is 0 Å². The second kappa shape index (κ2) is 7.81. The predicted octanol–water partition coefficient (Wildman–Crippen LogP) is 1.30. The van der Waals surface area contributed by atoms with Crippen LogP contribution in [0.1, 0.15) is 26.2 Å². The molecule has 1 amide bonds. The highest BCUT2D eigenvalue weighted by atomic mass is 16.2. The van der Waals surface area contributed by atoms with Gasteiger partial charge in [0.15, 0.2) is 0 Å². The minimum absolute atomic E-state index is 0.287. The predicted molar refractivity (Wildman–Crippen MR) is 60.1 cm³/mol. The molecule has 0 saturated heterocycles. The highest BCUT2D eigenvalue weighted by molar-refractivity contribution is 6.37. The molecule has 0 radical (unpaired) electrons. The van der Waals surface area contributed by atoms with Gasteiger partial charge in [0.2, 0.25) is 5.78 Å². The van der Waals surface area contributed by atoms with E-state index in [0.717, 1.165) is 12.8 Å². The lowest BCUT2D eigenvalue weighted by Crippen LogP contribution is -2.35. The number of carbonyl (C=O) groups is 2. The standard InChI is InChI=1S/C12H17NO2/c1-4-7-8-10(6-3)11(14)12(15)13-9-5-2/h3,5,10H,2,4,7-9H2,1H3,(H,13,15). The van der Waals surface area contributed by atoms with Crippen molar-refractivity contribution in [2.45, 2.75) is 26.2 Å². The summed E-state index contributed by atoms with van der Waals surface area (Å²) in [7, 11) is 0. The van der Waals surface area contributed by atoms with Gasteiger partial charge in [-0.05, 0) is 6.42 Å². The first-order valence-electron chi connectivity index (χ1n) is 5.06. The highest BCUT2D eigenvalue weighted by Crippen LogP contribution is 2.08. The van der Waals surface area contributed by atoms with E-state index in [9.17, 15) is 9.59 Å². The molecule has 0 heterocycles. The minimum atomic E-state index is -0.617. The van der Waals surface area contributed by atoms with E-state index in [4.69, 9.17) is 6.42 Å². The summed E-state index contributed by atoms with van der Waals surface area (Å²) in [4.78, 5) is 22.8. The molecule has 15 heavy (non-hydrogen) atoms. The van der Waals surface area contributed by atoms with Gasteiger partial charge in [-0.2, -0.15) is 0 Å². The van der Waals surface area contributed by atoms with Gasteiger partial charge >= 0.3 is 0 Å². The van der Waals surface area contributed by atoms with Crippen molar-refractivity contribution in [3.05, 3.63) is 12.7 Å². The lowest BCUT2D eigenvalue weighted by molar-refractivity contribution is -0.139. The summed E-state index contributed by atoms with van der Waals surface area (Å²) in [6.45, 7) is 5.74. The van der Waals surface area contributed by atoms with E-state index in [1.54, 1.807) is 0 Å². The van der Waals surface area contributed by atoms with Gasteiger partial charge in [-0.1, -0.05) is 31.8 Å². The SMILES string of the molecule is C#CC(CCCC)C(=O)C(=O)NCC=C. The van der Waals surface area contributed by atoms with Crippen LogP contribution in [0, 0.1) is 18.3 Å². The monoisotopic (exact) mass is 207 g/mol. The van der Waals surface area contributed by atoms with Crippen LogP contribution in [-0.4, -0.2) is 18.2 Å². The molecule has 1 N–H and O–H groups in total. The number of carbonyl (C=O) groups excluding carboxylic acids is 2. The number of hydrogen-bond acceptors (Lipinski definition) is 2. The average molecular weight is 207 g/mol. The molecule has 3 nitrogen and oxygen atoms in total. The molecule has 0 aromatic rings. The van der Waals surface area contributed by atoms with E-state index in [0.29, 0.717) is 6.42 Å². The summed E-state index contributed by atoms with van der Waals surface area (Å²) in [5.74, 6) is 0.632. The number of Topliss-reactive ketones (excluding diaryl/α,β-unsaturated/α-hetero) is 1. The van der Waals surface area contributed by atoms with Gasteiger partial charge in [-0.25, -0.2) is 0 Å². The molecule has 0 bridgehead atoms. The maximum absolute atomic E-state index is 11.5. The Morgan fingerprint density at radius 2 is 2.27 bits per heavy atom. The third-order valence-corrected chi connectivity index (χ3v) is 1.99. The molecule has 0 rings (SSSR count). The maximum Gasteiger partial charge on any atom is 0.288 e. The fourth-order valence-electron chi connectivity index (χ4n) is 1.11. The number of unbranched alkanes of at least 4 members (excludes halogenated alkanes) is 1.